The van der Waals surface area contributed by atoms with Crippen LogP contribution in [0.2, 0.25) is 0 Å². The van der Waals surface area contributed by atoms with Crippen LogP contribution in [0.1, 0.15) is 112 Å². The Kier molecular flexibility index (Phi) is 7.41. The minimum absolute atomic E-state index is 0.113. The third-order valence-corrected chi connectivity index (χ3v) is 11.9. The summed E-state index contributed by atoms with van der Waals surface area (Å²) in [6, 6.07) is 32.7. The highest BCUT2D eigenvalue weighted by molar-refractivity contribution is 5.98. The fourth-order valence-corrected chi connectivity index (χ4v) is 8.49. The number of aromatic nitrogens is 3. The first-order chi connectivity index (χ1) is 38.5. The Hall–Kier alpha value is -7.04. The summed E-state index contributed by atoms with van der Waals surface area (Å²) in [6.07, 6.45) is -0.739. The smallest absolute Gasteiger partial charge is 0.149 e. The fraction of sp³-hybridized carbons (Fsp3) is 0.226. The van der Waals surface area contributed by atoms with Gasteiger partial charge in [-0.05, 0) is 146 Å². The Morgan fingerprint density at radius 2 is 1.35 bits per heavy atom. The summed E-state index contributed by atoms with van der Waals surface area (Å²) in [4.78, 5) is 9.98. The van der Waals surface area contributed by atoms with E-state index in [2.05, 4.69) is 60.7 Å². The summed E-state index contributed by atoms with van der Waals surface area (Å²) in [6.45, 7) is 2.37. The second-order valence-corrected chi connectivity index (χ2v) is 18.0. The highest BCUT2D eigenvalue weighted by atomic mass is 16.5. The highest BCUT2D eigenvalue weighted by Crippen LogP contribution is 2.44. The largest absolute Gasteiger partial charge is 0.496 e. The minimum Gasteiger partial charge on any atom is -0.496 e. The Labute approximate surface area is 415 Å². The van der Waals surface area contributed by atoms with Gasteiger partial charge in [-0.15, -0.1) is 0 Å². The molecule has 4 nitrogen and oxygen atoms in total. The van der Waals surface area contributed by atoms with E-state index in [9.17, 15) is 4.11 Å². The molecule has 0 bridgehead atoms. The number of aryl methyl sites for hydroxylation is 2. The molecule has 0 aliphatic rings. The second-order valence-electron chi connectivity index (χ2n) is 18.0. The van der Waals surface area contributed by atoms with Gasteiger partial charge in [0.25, 0.3) is 0 Å². The summed E-state index contributed by atoms with van der Waals surface area (Å²) in [5, 5.41) is 0. The van der Waals surface area contributed by atoms with Gasteiger partial charge >= 0.3 is 0 Å². The first kappa shape index (κ1) is 28.1. The molecule has 66 heavy (non-hydrogen) atoms. The number of para-hydroxylation sites is 1. The molecule has 0 radical (unpaired) electrons. The van der Waals surface area contributed by atoms with Gasteiger partial charge in [-0.3, -0.25) is 9.55 Å². The van der Waals surface area contributed by atoms with Gasteiger partial charge < -0.3 is 4.74 Å². The van der Waals surface area contributed by atoms with Gasteiger partial charge in [-0.2, -0.15) is 0 Å². The van der Waals surface area contributed by atoms with Gasteiger partial charge in [0.2, 0.25) is 0 Å². The number of fused-ring (bicyclic) bond motifs is 1. The van der Waals surface area contributed by atoms with Crippen molar-refractivity contribution in [1.29, 1.82) is 0 Å². The zero-order chi connectivity index (χ0) is 61.0. The Morgan fingerprint density at radius 1 is 0.621 bits per heavy atom. The van der Waals surface area contributed by atoms with Gasteiger partial charge in [0, 0.05) is 36.6 Å². The fourth-order valence-electron chi connectivity index (χ4n) is 8.49. The van der Waals surface area contributed by atoms with Crippen LogP contribution in [-0.4, -0.2) is 21.6 Å². The Morgan fingerprint density at radius 3 is 2.05 bits per heavy atom. The number of methoxy groups -OCH3 is 1. The van der Waals surface area contributed by atoms with Crippen molar-refractivity contribution in [2.24, 2.45) is 0 Å². The molecule has 0 unspecified atom stereocenters. The van der Waals surface area contributed by atoms with E-state index in [4.69, 9.17) is 28.9 Å². The number of hydrogen-bond acceptors (Lipinski definition) is 3. The molecule has 0 spiro atoms. The predicted octanol–water partition coefficient (Wildman–Crippen LogP) is 16.8. The van der Waals surface area contributed by atoms with Crippen LogP contribution in [0.5, 0.6) is 5.75 Å². The number of rotatable bonds is 9. The van der Waals surface area contributed by atoms with Crippen LogP contribution in [0, 0.1) is 13.8 Å². The van der Waals surface area contributed by atoms with E-state index in [0.29, 0.717) is 44.9 Å². The number of benzene rings is 7. The van der Waals surface area contributed by atoms with Crippen molar-refractivity contribution in [2.45, 2.75) is 85.7 Å². The topological polar surface area (TPSA) is 39.9 Å². The summed E-state index contributed by atoms with van der Waals surface area (Å²) < 4.78 is 156. The lowest BCUT2D eigenvalue weighted by molar-refractivity contribution is 0.413. The quantitative estimate of drug-likeness (QED) is 0.145. The minimum atomic E-state index is -3.93. The van der Waals surface area contributed by atoms with Gasteiger partial charge in [-0.25, -0.2) is 4.98 Å². The molecule has 0 aliphatic heterocycles. The maximum absolute atomic E-state index is 9.77. The van der Waals surface area contributed by atoms with Crippen LogP contribution in [0.4, 0.5) is 0 Å². The number of hydrogen-bond donors (Lipinski definition) is 0. The first-order valence-electron chi connectivity index (χ1n) is 30.3. The maximum atomic E-state index is 9.77. The zero-order valence-electron chi connectivity index (χ0n) is 55.3. The molecule has 0 saturated carbocycles. The molecular weight excluding hydrogens is 803 g/mol. The molecule has 330 valence electrons. The average molecular weight is 881 g/mol. The molecule has 2 aromatic heterocycles. The van der Waals surface area contributed by atoms with Crippen molar-refractivity contribution in [1.82, 2.24) is 14.5 Å². The van der Waals surface area contributed by atoms with E-state index in [1.165, 1.54) is 0 Å². The normalized spacial score (nSPS) is 16.5. The SMILES string of the molecule is [2H]c1nc(-c2cc(-c3ccccc3)cc(-c3cccc4c3nc(-c3cc(C)cc(C)c3OC)n4-c3ccc(C([2H])(C)C)cc3-c3ccc(C(C)(C)C)cc3)c2)c([2H])c(-c2c([2H])c([2H])c(C(C([2H])([2H])[2H])(C([2H])([2H])[2H])C([2H])([2H])[2H])c([2H])c2[2H])c1[2H]. The molecule has 0 saturated heterocycles. The molecule has 4 heteroatoms. The molecule has 0 atom stereocenters. The summed E-state index contributed by atoms with van der Waals surface area (Å²) in [5.41, 5.74) is 4.02. The lowest BCUT2D eigenvalue weighted by Gasteiger charge is -2.21. The van der Waals surface area contributed by atoms with Gasteiger partial charge in [-0.1, -0.05) is 158 Å². The average Bonchev–Trinajstić information content (AvgIpc) is 3.96. The van der Waals surface area contributed by atoms with E-state index >= 15 is 0 Å². The monoisotopic (exact) mass is 881 g/mol. The van der Waals surface area contributed by atoms with Gasteiger partial charge in [0.05, 0.1) is 44.7 Å². The van der Waals surface area contributed by atoms with E-state index in [-0.39, 0.29) is 16.7 Å². The van der Waals surface area contributed by atoms with E-state index < -0.39 is 91.0 Å². The van der Waals surface area contributed by atoms with Crippen LogP contribution in [0.15, 0.2) is 164 Å². The highest BCUT2D eigenvalue weighted by Gasteiger charge is 2.25. The molecule has 7 aromatic carbocycles. The van der Waals surface area contributed by atoms with Gasteiger partial charge in [0.1, 0.15) is 11.6 Å². The second kappa shape index (κ2) is 17.4. The maximum Gasteiger partial charge on any atom is 0.149 e. The number of nitrogens with zero attached hydrogens (tertiary/aromatic N) is 3. The predicted molar refractivity (Wildman–Crippen MR) is 279 cm³/mol. The lowest BCUT2D eigenvalue weighted by Crippen LogP contribution is -2.10. The van der Waals surface area contributed by atoms with Crippen LogP contribution >= 0.6 is 0 Å². The Bertz CT molecular complexity index is 3970. The van der Waals surface area contributed by atoms with Crippen molar-refractivity contribution in [3.8, 4) is 78.6 Å². The molecule has 0 aliphatic carbocycles. The van der Waals surface area contributed by atoms with Crippen LogP contribution < -0.4 is 4.74 Å². The van der Waals surface area contributed by atoms with Crippen molar-refractivity contribution in [3.63, 3.8) is 0 Å². The van der Waals surface area contributed by atoms with Crippen molar-refractivity contribution in [2.75, 3.05) is 7.11 Å². The summed E-state index contributed by atoms with van der Waals surface area (Å²) in [5.74, 6) is 0.202. The Balaban J connectivity index is 1.35. The molecule has 0 fully saturated rings. The molecular formula is C62H61N3O. The molecule has 2 heterocycles. The van der Waals surface area contributed by atoms with E-state index in [1.54, 1.807) is 19.2 Å². The van der Waals surface area contributed by atoms with E-state index in [1.807, 2.05) is 107 Å². The van der Waals surface area contributed by atoms with Gasteiger partial charge in [0.15, 0.2) is 0 Å². The summed E-state index contributed by atoms with van der Waals surface area (Å²) in [7, 11) is 1.62. The standard InChI is InChI=1S/C62H61N3O/c1-39(2)45-24-29-56(53(37-45)44-22-27-51(28-23-44)62(8,9)10)65-57-19-15-18-52(58(57)64-60(65)54-33-40(3)32-41(4)59(54)66-11)48-34-47(42-16-13-12-14-17-42)35-49(36-48)55-38-46(30-31-63-55)43-20-25-50(26-21-43)61(5,6)7/h12-39H,1-11H3/i5D3,6D3,7D3,20D,21D,25D,26D,30D,31D,38D,39D. The molecule has 0 amide bonds. The summed E-state index contributed by atoms with van der Waals surface area (Å²) >= 11 is 0. The molecule has 9 aromatic rings. The van der Waals surface area contributed by atoms with Crippen LogP contribution in [-0.2, 0) is 10.8 Å². The molecule has 9 rings (SSSR count). The number of imidazole rings is 1. The molecule has 0 N–H and O–H groups in total. The van der Waals surface area contributed by atoms with E-state index in [0.717, 1.165) is 44.6 Å². The number of ether oxygens (including phenoxy) is 1. The number of pyridine rings is 1. The van der Waals surface area contributed by atoms with Crippen LogP contribution in [0.25, 0.3) is 83.9 Å². The van der Waals surface area contributed by atoms with Crippen molar-refractivity contribution < 1.29 is 28.0 Å². The third kappa shape index (κ3) is 8.61. The first-order valence-corrected chi connectivity index (χ1v) is 21.8. The van der Waals surface area contributed by atoms with Crippen molar-refractivity contribution in [3.05, 3.63) is 192 Å². The van der Waals surface area contributed by atoms with Crippen LogP contribution in [0.3, 0.4) is 0 Å². The third-order valence-electron chi connectivity index (χ3n) is 11.9. The zero-order valence-corrected chi connectivity index (χ0v) is 38.3. The van der Waals surface area contributed by atoms with Crippen molar-refractivity contribution >= 4 is 11.0 Å². The lowest BCUT2D eigenvalue weighted by atomic mass is 9.86.